The van der Waals surface area contributed by atoms with Gasteiger partial charge in [0.2, 0.25) is 5.91 Å². The molecule has 1 rings (SSSR count). The Morgan fingerprint density at radius 1 is 1.42 bits per heavy atom. The molecule has 0 fully saturated rings. The summed E-state index contributed by atoms with van der Waals surface area (Å²) in [5, 5.41) is 11.6. The third-order valence-corrected chi connectivity index (χ3v) is 3.02. The van der Waals surface area contributed by atoms with Crippen molar-refractivity contribution >= 4 is 5.91 Å². The molecule has 1 aromatic rings. The summed E-state index contributed by atoms with van der Waals surface area (Å²) in [7, 11) is 0. The Bertz CT molecular complexity index is 447. The molecule has 1 amide bonds. The summed E-state index contributed by atoms with van der Waals surface area (Å²) in [5.74, 6) is -0.0298. The largest absolute Gasteiger partial charge is 0.350 e. The van der Waals surface area contributed by atoms with E-state index >= 15 is 0 Å². The van der Waals surface area contributed by atoms with Crippen molar-refractivity contribution in [1.29, 1.82) is 5.26 Å². The highest BCUT2D eigenvalue weighted by Crippen LogP contribution is 2.13. The molecule has 0 aromatic heterocycles. The molecule has 102 valence electrons. The first-order chi connectivity index (χ1) is 9.06. The SMILES string of the molecule is CCCC(N)CC(=O)NC(C)c1ccc(C#N)cc1. The first kappa shape index (κ1) is 15.2. The van der Waals surface area contributed by atoms with Crippen molar-refractivity contribution in [2.45, 2.75) is 45.2 Å². The Balaban J connectivity index is 2.51. The van der Waals surface area contributed by atoms with Crippen LogP contribution in [0.3, 0.4) is 0 Å². The molecule has 3 N–H and O–H groups in total. The van der Waals surface area contributed by atoms with Gasteiger partial charge in [-0.25, -0.2) is 0 Å². The number of rotatable bonds is 6. The molecule has 0 aliphatic rings. The third-order valence-electron chi connectivity index (χ3n) is 3.02. The number of carbonyl (C=O) groups excluding carboxylic acids is 1. The Morgan fingerprint density at radius 3 is 2.58 bits per heavy atom. The number of amides is 1. The highest BCUT2D eigenvalue weighted by Gasteiger charge is 2.12. The molecular formula is C15H21N3O. The highest BCUT2D eigenvalue weighted by molar-refractivity contribution is 5.77. The minimum atomic E-state index is -0.0749. The zero-order valence-corrected chi connectivity index (χ0v) is 11.5. The van der Waals surface area contributed by atoms with E-state index in [0.717, 1.165) is 18.4 Å². The van der Waals surface area contributed by atoms with Crippen LogP contribution >= 0.6 is 0 Å². The monoisotopic (exact) mass is 259 g/mol. The van der Waals surface area contributed by atoms with Crippen molar-refractivity contribution in [2.24, 2.45) is 5.73 Å². The van der Waals surface area contributed by atoms with E-state index < -0.39 is 0 Å². The van der Waals surface area contributed by atoms with E-state index in [2.05, 4.69) is 18.3 Å². The molecule has 2 atom stereocenters. The van der Waals surface area contributed by atoms with Gasteiger partial charge in [-0.2, -0.15) is 5.26 Å². The fraction of sp³-hybridized carbons (Fsp3) is 0.467. The molecule has 4 nitrogen and oxygen atoms in total. The number of benzene rings is 1. The van der Waals surface area contributed by atoms with Crippen LogP contribution in [0.5, 0.6) is 0 Å². The lowest BCUT2D eigenvalue weighted by Gasteiger charge is -2.16. The average molecular weight is 259 g/mol. The molecule has 0 radical (unpaired) electrons. The van der Waals surface area contributed by atoms with Crippen LogP contribution in [0.2, 0.25) is 0 Å². The van der Waals surface area contributed by atoms with Gasteiger partial charge in [0.1, 0.15) is 0 Å². The van der Waals surface area contributed by atoms with Crippen LogP contribution in [0, 0.1) is 11.3 Å². The van der Waals surface area contributed by atoms with Gasteiger partial charge in [0.25, 0.3) is 0 Å². The Labute approximate surface area is 114 Å². The van der Waals surface area contributed by atoms with Gasteiger partial charge in [0.05, 0.1) is 17.7 Å². The van der Waals surface area contributed by atoms with Crippen molar-refractivity contribution < 1.29 is 4.79 Å². The number of carbonyl (C=O) groups is 1. The lowest BCUT2D eigenvalue weighted by molar-refractivity contribution is -0.122. The van der Waals surface area contributed by atoms with E-state index in [1.807, 2.05) is 19.1 Å². The predicted molar refractivity (Wildman–Crippen MR) is 75.2 cm³/mol. The smallest absolute Gasteiger partial charge is 0.222 e. The van der Waals surface area contributed by atoms with Crippen molar-refractivity contribution in [3.8, 4) is 6.07 Å². The van der Waals surface area contributed by atoms with E-state index in [1.54, 1.807) is 12.1 Å². The van der Waals surface area contributed by atoms with Crippen LogP contribution in [0.4, 0.5) is 0 Å². The number of nitrogens with two attached hydrogens (primary N) is 1. The second-order valence-electron chi connectivity index (χ2n) is 4.78. The summed E-state index contributed by atoms with van der Waals surface area (Å²) < 4.78 is 0. The van der Waals surface area contributed by atoms with Crippen LogP contribution in [-0.2, 0) is 4.79 Å². The molecule has 0 heterocycles. The topological polar surface area (TPSA) is 78.9 Å². The molecular weight excluding hydrogens is 238 g/mol. The number of hydrogen-bond donors (Lipinski definition) is 2. The van der Waals surface area contributed by atoms with Crippen molar-refractivity contribution in [3.63, 3.8) is 0 Å². The quantitative estimate of drug-likeness (QED) is 0.822. The zero-order chi connectivity index (χ0) is 14.3. The van der Waals surface area contributed by atoms with E-state index in [0.29, 0.717) is 12.0 Å². The second kappa shape index (κ2) is 7.55. The van der Waals surface area contributed by atoms with Gasteiger partial charge in [0, 0.05) is 12.5 Å². The summed E-state index contributed by atoms with van der Waals surface area (Å²) in [6, 6.07) is 9.14. The second-order valence-corrected chi connectivity index (χ2v) is 4.78. The van der Waals surface area contributed by atoms with Gasteiger partial charge in [-0.3, -0.25) is 4.79 Å². The molecule has 2 unspecified atom stereocenters. The molecule has 0 aliphatic heterocycles. The fourth-order valence-corrected chi connectivity index (χ4v) is 1.94. The standard InChI is InChI=1S/C15H21N3O/c1-3-4-14(17)9-15(19)18-11(2)13-7-5-12(10-16)6-8-13/h5-8,11,14H,3-4,9,17H2,1-2H3,(H,18,19). The summed E-state index contributed by atoms with van der Waals surface area (Å²) in [6.45, 7) is 3.97. The number of nitriles is 1. The van der Waals surface area contributed by atoms with Crippen LogP contribution < -0.4 is 11.1 Å². The van der Waals surface area contributed by atoms with Crippen molar-refractivity contribution in [3.05, 3.63) is 35.4 Å². The third kappa shape index (κ3) is 5.11. The Hall–Kier alpha value is -1.86. The van der Waals surface area contributed by atoms with Crippen LogP contribution in [0.15, 0.2) is 24.3 Å². The average Bonchev–Trinajstić information content (AvgIpc) is 2.38. The molecule has 19 heavy (non-hydrogen) atoms. The number of nitrogens with zero attached hydrogens (tertiary/aromatic N) is 1. The first-order valence-electron chi connectivity index (χ1n) is 6.61. The van der Waals surface area contributed by atoms with Gasteiger partial charge in [-0.1, -0.05) is 25.5 Å². The van der Waals surface area contributed by atoms with Crippen LogP contribution in [0.1, 0.15) is 50.3 Å². The van der Waals surface area contributed by atoms with Crippen molar-refractivity contribution in [2.75, 3.05) is 0 Å². The molecule has 0 saturated heterocycles. The van der Waals surface area contributed by atoms with E-state index in [-0.39, 0.29) is 18.0 Å². The molecule has 1 aromatic carbocycles. The minimum absolute atomic E-state index is 0.0298. The van der Waals surface area contributed by atoms with Gasteiger partial charge in [0.15, 0.2) is 0 Å². The summed E-state index contributed by atoms with van der Waals surface area (Å²) in [5.41, 5.74) is 7.44. The lowest BCUT2D eigenvalue weighted by atomic mass is 10.1. The lowest BCUT2D eigenvalue weighted by Crippen LogP contribution is -2.33. The Kier molecular flexibility index (Phi) is 6.04. The normalized spacial score (nSPS) is 13.4. The van der Waals surface area contributed by atoms with Crippen molar-refractivity contribution in [1.82, 2.24) is 5.32 Å². The number of hydrogen-bond acceptors (Lipinski definition) is 3. The minimum Gasteiger partial charge on any atom is -0.350 e. The maximum Gasteiger partial charge on any atom is 0.222 e. The predicted octanol–water partition coefficient (Wildman–Crippen LogP) is 2.25. The van der Waals surface area contributed by atoms with Crippen LogP contribution in [-0.4, -0.2) is 11.9 Å². The maximum absolute atomic E-state index is 11.8. The number of nitrogens with one attached hydrogen (secondary N) is 1. The summed E-state index contributed by atoms with van der Waals surface area (Å²) in [4.78, 5) is 11.8. The van der Waals surface area contributed by atoms with E-state index in [4.69, 9.17) is 11.0 Å². The van der Waals surface area contributed by atoms with E-state index in [1.165, 1.54) is 0 Å². The summed E-state index contributed by atoms with van der Waals surface area (Å²) >= 11 is 0. The first-order valence-corrected chi connectivity index (χ1v) is 6.61. The molecule has 4 heteroatoms. The van der Waals surface area contributed by atoms with Gasteiger partial charge in [-0.05, 0) is 31.0 Å². The molecule has 0 saturated carbocycles. The maximum atomic E-state index is 11.8. The van der Waals surface area contributed by atoms with Crippen LogP contribution in [0.25, 0.3) is 0 Å². The van der Waals surface area contributed by atoms with Gasteiger partial charge >= 0.3 is 0 Å². The van der Waals surface area contributed by atoms with E-state index in [9.17, 15) is 4.79 Å². The molecule has 0 bridgehead atoms. The fourth-order valence-electron chi connectivity index (χ4n) is 1.94. The zero-order valence-electron chi connectivity index (χ0n) is 11.5. The molecule has 0 aliphatic carbocycles. The summed E-state index contributed by atoms with van der Waals surface area (Å²) in [6.07, 6.45) is 2.20. The highest BCUT2D eigenvalue weighted by atomic mass is 16.1. The molecule has 0 spiro atoms. The van der Waals surface area contributed by atoms with Gasteiger partial charge in [-0.15, -0.1) is 0 Å². The van der Waals surface area contributed by atoms with Gasteiger partial charge < -0.3 is 11.1 Å². The Morgan fingerprint density at radius 2 is 2.05 bits per heavy atom.